The molecule has 0 aliphatic heterocycles. The number of amides is 1. The summed E-state index contributed by atoms with van der Waals surface area (Å²) in [6, 6.07) is 7.78. The second-order valence-electron chi connectivity index (χ2n) is 4.10. The summed E-state index contributed by atoms with van der Waals surface area (Å²) >= 11 is 1.29. The average molecular weight is 277 g/mol. The minimum atomic E-state index is -0.322. The molecule has 0 aliphatic carbocycles. The lowest BCUT2D eigenvalue weighted by Crippen LogP contribution is -2.29. The van der Waals surface area contributed by atoms with E-state index < -0.39 is 0 Å². The molecule has 6 heteroatoms. The molecule has 3 N–H and O–H groups in total. The number of aromatic nitrogens is 1. The number of benzene rings is 1. The van der Waals surface area contributed by atoms with Crippen LogP contribution in [0.4, 0.5) is 0 Å². The Morgan fingerprint density at radius 3 is 2.95 bits per heavy atom. The first-order valence-corrected chi connectivity index (χ1v) is 6.58. The molecule has 0 radical (unpaired) electrons. The molecule has 1 amide bonds. The summed E-state index contributed by atoms with van der Waals surface area (Å²) in [5, 5.41) is 0.748. The predicted octanol–water partition coefficient (Wildman–Crippen LogP) is 1.94. The van der Waals surface area contributed by atoms with E-state index in [-0.39, 0.29) is 5.91 Å². The van der Waals surface area contributed by atoms with Crippen molar-refractivity contribution in [1.29, 1.82) is 0 Å². The van der Waals surface area contributed by atoms with Crippen molar-refractivity contribution in [1.82, 2.24) is 10.4 Å². The van der Waals surface area contributed by atoms with Crippen molar-refractivity contribution in [2.75, 3.05) is 0 Å². The van der Waals surface area contributed by atoms with Crippen molar-refractivity contribution >= 4 is 17.2 Å². The SMILES string of the molecule is Cc1cccc(OCc2nc(C)c(C(=O)NN)s2)c1. The summed E-state index contributed by atoms with van der Waals surface area (Å²) in [5.41, 5.74) is 3.91. The van der Waals surface area contributed by atoms with Gasteiger partial charge in [0.05, 0.1) is 5.69 Å². The molecule has 1 aromatic heterocycles. The maximum Gasteiger partial charge on any atom is 0.277 e. The van der Waals surface area contributed by atoms with E-state index in [1.807, 2.05) is 31.2 Å². The Morgan fingerprint density at radius 2 is 2.26 bits per heavy atom. The Bertz CT molecular complexity index is 595. The van der Waals surface area contributed by atoms with Gasteiger partial charge >= 0.3 is 0 Å². The number of hydrogen-bond donors (Lipinski definition) is 2. The second-order valence-corrected chi connectivity index (χ2v) is 5.18. The second kappa shape index (κ2) is 5.81. The van der Waals surface area contributed by atoms with Gasteiger partial charge in [0.2, 0.25) is 0 Å². The molecule has 0 unspecified atom stereocenters. The fraction of sp³-hybridized carbons (Fsp3) is 0.231. The van der Waals surface area contributed by atoms with Crippen molar-refractivity contribution < 1.29 is 9.53 Å². The van der Waals surface area contributed by atoms with E-state index in [0.717, 1.165) is 16.3 Å². The fourth-order valence-corrected chi connectivity index (χ4v) is 2.52. The first kappa shape index (κ1) is 13.5. The molecule has 0 fully saturated rings. The Balaban J connectivity index is 2.06. The largest absolute Gasteiger partial charge is 0.486 e. The minimum absolute atomic E-state index is 0.322. The third-order valence-corrected chi connectivity index (χ3v) is 3.66. The van der Waals surface area contributed by atoms with Crippen LogP contribution in [0.25, 0.3) is 0 Å². The predicted molar refractivity (Wildman–Crippen MR) is 74.0 cm³/mol. The summed E-state index contributed by atoms with van der Waals surface area (Å²) < 4.78 is 5.64. The molecule has 2 aromatic rings. The smallest absolute Gasteiger partial charge is 0.277 e. The Morgan fingerprint density at radius 1 is 1.47 bits per heavy atom. The van der Waals surface area contributed by atoms with Crippen LogP contribution in [0.1, 0.15) is 25.9 Å². The number of aryl methyl sites for hydroxylation is 2. The number of thiazole rings is 1. The van der Waals surface area contributed by atoms with Gasteiger partial charge in [-0.2, -0.15) is 0 Å². The van der Waals surface area contributed by atoms with E-state index in [9.17, 15) is 4.79 Å². The number of nitrogens with zero attached hydrogens (tertiary/aromatic N) is 1. The van der Waals surface area contributed by atoms with Gasteiger partial charge in [0.25, 0.3) is 5.91 Å². The highest BCUT2D eigenvalue weighted by Crippen LogP contribution is 2.20. The summed E-state index contributed by atoms with van der Waals surface area (Å²) in [7, 11) is 0. The summed E-state index contributed by atoms with van der Waals surface area (Å²) in [4.78, 5) is 16.3. The number of ether oxygens (including phenoxy) is 1. The number of carbonyl (C=O) groups is 1. The minimum Gasteiger partial charge on any atom is -0.486 e. The lowest BCUT2D eigenvalue weighted by atomic mass is 10.2. The molecule has 5 nitrogen and oxygen atoms in total. The van der Waals surface area contributed by atoms with Crippen LogP contribution in [0.2, 0.25) is 0 Å². The van der Waals surface area contributed by atoms with Crippen LogP contribution in [0.3, 0.4) is 0 Å². The molecule has 1 heterocycles. The molecule has 0 atom stereocenters. The molecule has 0 spiro atoms. The summed E-state index contributed by atoms with van der Waals surface area (Å²) in [5.74, 6) is 5.58. The van der Waals surface area contributed by atoms with Gasteiger partial charge in [-0.15, -0.1) is 11.3 Å². The highest BCUT2D eigenvalue weighted by Gasteiger charge is 2.14. The van der Waals surface area contributed by atoms with E-state index in [1.165, 1.54) is 11.3 Å². The van der Waals surface area contributed by atoms with Crippen LogP contribution in [0.15, 0.2) is 24.3 Å². The zero-order valence-electron chi connectivity index (χ0n) is 10.8. The Labute approximate surface area is 115 Å². The van der Waals surface area contributed by atoms with Crippen LogP contribution in [-0.2, 0) is 6.61 Å². The van der Waals surface area contributed by atoms with E-state index in [1.54, 1.807) is 6.92 Å². The van der Waals surface area contributed by atoms with Crippen molar-refractivity contribution in [3.8, 4) is 5.75 Å². The lowest BCUT2D eigenvalue weighted by molar-refractivity contribution is 0.0957. The zero-order valence-corrected chi connectivity index (χ0v) is 11.6. The first-order valence-electron chi connectivity index (χ1n) is 5.77. The number of nitrogen functional groups attached to an aromatic ring is 1. The van der Waals surface area contributed by atoms with E-state index in [4.69, 9.17) is 10.6 Å². The maximum absolute atomic E-state index is 11.5. The molecule has 2 rings (SSSR count). The number of nitrogens with two attached hydrogens (primary N) is 1. The Hall–Kier alpha value is -1.92. The standard InChI is InChI=1S/C13H15N3O2S/c1-8-4-3-5-10(6-8)18-7-11-15-9(2)12(19-11)13(17)16-14/h3-6H,7,14H2,1-2H3,(H,16,17). The highest BCUT2D eigenvalue weighted by atomic mass is 32.1. The first-order chi connectivity index (χ1) is 9.10. The number of nitrogens with one attached hydrogen (secondary N) is 1. The molecule has 19 heavy (non-hydrogen) atoms. The van der Waals surface area contributed by atoms with Gasteiger partial charge < -0.3 is 4.74 Å². The van der Waals surface area contributed by atoms with Crippen molar-refractivity contribution in [2.24, 2.45) is 5.84 Å². The number of carbonyl (C=O) groups excluding carboxylic acids is 1. The van der Waals surface area contributed by atoms with Crippen molar-refractivity contribution in [3.63, 3.8) is 0 Å². The molecule has 100 valence electrons. The van der Waals surface area contributed by atoms with Gasteiger partial charge in [-0.25, -0.2) is 10.8 Å². The number of rotatable bonds is 4. The van der Waals surface area contributed by atoms with Crippen LogP contribution in [-0.4, -0.2) is 10.9 Å². The summed E-state index contributed by atoms with van der Waals surface area (Å²) in [6.45, 7) is 4.12. The van der Waals surface area contributed by atoms with Crippen molar-refractivity contribution in [3.05, 3.63) is 45.4 Å². The molecule has 1 aromatic carbocycles. The maximum atomic E-state index is 11.5. The van der Waals surface area contributed by atoms with Gasteiger partial charge in [-0.1, -0.05) is 12.1 Å². The molecule has 0 bridgehead atoms. The number of hydrazine groups is 1. The summed E-state index contributed by atoms with van der Waals surface area (Å²) in [6.07, 6.45) is 0. The zero-order chi connectivity index (χ0) is 13.8. The molecular weight excluding hydrogens is 262 g/mol. The van der Waals surface area contributed by atoms with Crippen LogP contribution < -0.4 is 16.0 Å². The highest BCUT2D eigenvalue weighted by molar-refractivity contribution is 7.13. The van der Waals surface area contributed by atoms with E-state index in [0.29, 0.717) is 17.2 Å². The third-order valence-electron chi connectivity index (χ3n) is 2.53. The Kier molecular flexibility index (Phi) is 4.13. The topological polar surface area (TPSA) is 77.2 Å². The van der Waals surface area contributed by atoms with Gasteiger partial charge in [0.1, 0.15) is 22.2 Å². The van der Waals surface area contributed by atoms with Crippen LogP contribution in [0.5, 0.6) is 5.75 Å². The molecule has 0 saturated heterocycles. The normalized spacial score (nSPS) is 10.3. The van der Waals surface area contributed by atoms with Crippen molar-refractivity contribution in [2.45, 2.75) is 20.5 Å². The number of hydrogen-bond acceptors (Lipinski definition) is 5. The lowest BCUT2D eigenvalue weighted by Gasteiger charge is -2.04. The molecule has 0 saturated carbocycles. The monoisotopic (exact) mass is 277 g/mol. The van der Waals surface area contributed by atoms with E-state index >= 15 is 0 Å². The van der Waals surface area contributed by atoms with Gasteiger partial charge in [-0.3, -0.25) is 10.2 Å². The van der Waals surface area contributed by atoms with Crippen LogP contribution >= 0.6 is 11.3 Å². The molecule has 0 aliphatic rings. The molecular formula is C13H15N3O2S. The quantitative estimate of drug-likeness (QED) is 0.508. The van der Waals surface area contributed by atoms with Crippen LogP contribution in [0, 0.1) is 13.8 Å². The van der Waals surface area contributed by atoms with Gasteiger partial charge in [0.15, 0.2) is 0 Å². The van der Waals surface area contributed by atoms with E-state index in [2.05, 4.69) is 10.4 Å². The average Bonchev–Trinajstić information content (AvgIpc) is 2.77. The fourth-order valence-electron chi connectivity index (χ4n) is 1.64. The third kappa shape index (κ3) is 3.30. The van der Waals surface area contributed by atoms with Gasteiger partial charge in [0, 0.05) is 0 Å². The van der Waals surface area contributed by atoms with Gasteiger partial charge in [-0.05, 0) is 31.5 Å².